The summed E-state index contributed by atoms with van der Waals surface area (Å²) in [6, 6.07) is 14.7. The molecule has 2 heterocycles. The molecule has 35 heavy (non-hydrogen) atoms. The molecule has 1 saturated heterocycles. The molecule has 1 aliphatic rings. The zero-order valence-corrected chi connectivity index (χ0v) is 21.1. The van der Waals surface area contributed by atoms with Crippen LogP contribution in [0.5, 0.6) is 0 Å². The third-order valence-corrected chi connectivity index (χ3v) is 7.68. The van der Waals surface area contributed by atoms with Crippen LogP contribution in [-0.4, -0.2) is 45.5 Å². The van der Waals surface area contributed by atoms with E-state index in [2.05, 4.69) is 20.3 Å². The molecule has 8 nitrogen and oxygen atoms in total. The van der Waals surface area contributed by atoms with Crippen LogP contribution in [0.4, 0.5) is 11.5 Å². The highest BCUT2D eigenvalue weighted by Crippen LogP contribution is 2.26. The van der Waals surface area contributed by atoms with Crippen molar-refractivity contribution in [2.24, 2.45) is 0 Å². The van der Waals surface area contributed by atoms with Gasteiger partial charge in [-0.2, -0.15) is 0 Å². The second-order valence-corrected chi connectivity index (χ2v) is 10.5. The first-order valence-electron chi connectivity index (χ1n) is 11.6. The quantitative estimate of drug-likeness (QED) is 0.467. The van der Waals surface area contributed by atoms with Crippen LogP contribution in [0.2, 0.25) is 0 Å². The Morgan fingerprint density at radius 1 is 1.00 bits per heavy atom. The number of hydrogen-bond acceptors (Lipinski definition) is 6. The largest absolute Gasteiger partial charge is 0.353 e. The van der Waals surface area contributed by atoms with E-state index in [0.717, 1.165) is 29.8 Å². The van der Waals surface area contributed by atoms with Crippen molar-refractivity contribution in [3.05, 3.63) is 82.5 Å². The molecule has 184 valence electrons. The van der Waals surface area contributed by atoms with Gasteiger partial charge in [-0.15, -0.1) is 0 Å². The Labute approximate surface area is 206 Å². The highest BCUT2D eigenvalue weighted by Gasteiger charge is 2.23. The lowest BCUT2D eigenvalue weighted by atomic mass is 10.1. The number of benzene rings is 2. The third-order valence-electron chi connectivity index (χ3n) is 6.16. The Balaban J connectivity index is 1.64. The van der Waals surface area contributed by atoms with E-state index in [-0.39, 0.29) is 16.5 Å². The van der Waals surface area contributed by atoms with E-state index in [0.29, 0.717) is 36.6 Å². The van der Waals surface area contributed by atoms with E-state index in [4.69, 9.17) is 0 Å². The average molecular weight is 494 g/mol. The summed E-state index contributed by atoms with van der Waals surface area (Å²) in [5.41, 5.74) is 4.13. The highest BCUT2D eigenvalue weighted by atomic mass is 32.2. The predicted octanol–water partition coefficient (Wildman–Crippen LogP) is 3.15. The SMILES string of the molecule is Cc1cc(C)c(S(=O)(=O)Nc2cnc(N3CCNCC3)c(C(=O)NCc3ccccc3)c2)cc1C. The maximum atomic E-state index is 13.2. The van der Waals surface area contributed by atoms with Crippen LogP contribution in [-0.2, 0) is 16.6 Å². The van der Waals surface area contributed by atoms with Gasteiger partial charge in [-0.25, -0.2) is 13.4 Å². The highest BCUT2D eigenvalue weighted by molar-refractivity contribution is 7.92. The van der Waals surface area contributed by atoms with E-state index < -0.39 is 10.0 Å². The second kappa shape index (κ2) is 10.5. The Kier molecular flexibility index (Phi) is 7.37. The summed E-state index contributed by atoms with van der Waals surface area (Å²) in [5.74, 6) is 0.237. The van der Waals surface area contributed by atoms with Gasteiger partial charge in [-0.1, -0.05) is 36.4 Å². The van der Waals surface area contributed by atoms with Crippen molar-refractivity contribution in [2.75, 3.05) is 35.8 Å². The van der Waals surface area contributed by atoms with Crippen molar-refractivity contribution < 1.29 is 13.2 Å². The Hall–Kier alpha value is -3.43. The first-order valence-corrected chi connectivity index (χ1v) is 13.1. The van der Waals surface area contributed by atoms with Crippen molar-refractivity contribution in [1.82, 2.24) is 15.6 Å². The maximum Gasteiger partial charge on any atom is 0.262 e. The first-order chi connectivity index (χ1) is 16.7. The minimum Gasteiger partial charge on any atom is -0.353 e. The van der Waals surface area contributed by atoms with Gasteiger partial charge in [-0.3, -0.25) is 9.52 Å². The Morgan fingerprint density at radius 3 is 2.40 bits per heavy atom. The lowest BCUT2D eigenvalue weighted by Crippen LogP contribution is -2.44. The monoisotopic (exact) mass is 493 g/mol. The van der Waals surface area contributed by atoms with Gasteiger partial charge >= 0.3 is 0 Å². The molecule has 1 aromatic heterocycles. The number of nitrogens with zero attached hydrogens (tertiary/aromatic N) is 2. The van der Waals surface area contributed by atoms with E-state index in [9.17, 15) is 13.2 Å². The number of amides is 1. The number of carbonyl (C=O) groups excluding carboxylic acids is 1. The number of piperazine rings is 1. The van der Waals surface area contributed by atoms with Gasteiger partial charge in [0.05, 0.1) is 22.3 Å². The number of nitrogens with one attached hydrogen (secondary N) is 3. The summed E-state index contributed by atoms with van der Waals surface area (Å²) in [6.45, 7) is 8.95. The molecule has 2 aromatic carbocycles. The summed E-state index contributed by atoms with van der Waals surface area (Å²) in [7, 11) is -3.86. The topological polar surface area (TPSA) is 103 Å². The van der Waals surface area contributed by atoms with Crippen molar-refractivity contribution in [3.63, 3.8) is 0 Å². The number of anilines is 2. The van der Waals surface area contributed by atoms with Crippen LogP contribution < -0.4 is 20.3 Å². The molecule has 1 amide bonds. The number of aromatic nitrogens is 1. The third kappa shape index (κ3) is 5.80. The number of sulfonamides is 1. The summed E-state index contributed by atoms with van der Waals surface area (Å²) >= 11 is 0. The van der Waals surface area contributed by atoms with Gasteiger partial charge in [0.15, 0.2) is 0 Å². The molecule has 0 saturated carbocycles. The van der Waals surface area contributed by atoms with Crippen LogP contribution in [0.25, 0.3) is 0 Å². The Morgan fingerprint density at radius 2 is 1.69 bits per heavy atom. The summed E-state index contributed by atoms with van der Waals surface area (Å²) in [5, 5.41) is 6.23. The number of pyridine rings is 1. The van der Waals surface area contributed by atoms with Gasteiger partial charge < -0.3 is 15.5 Å². The van der Waals surface area contributed by atoms with E-state index in [1.165, 1.54) is 6.20 Å². The van der Waals surface area contributed by atoms with Crippen LogP contribution in [0, 0.1) is 20.8 Å². The van der Waals surface area contributed by atoms with Crippen LogP contribution >= 0.6 is 0 Å². The summed E-state index contributed by atoms with van der Waals surface area (Å²) in [4.78, 5) is 20.0. The predicted molar refractivity (Wildman–Crippen MR) is 138 cm³/mol. The molecule has 0 aliphatic carbocycles. The molecule has 4 rings (SSSR count). The number of hydrogen-bond donors (Lipinski definition) is 3. The summed E-state index contributed by atoms with van der Waals surface area (Å²) in [6.07, 6.45) is 1.47. The molecule has 1 aliphatic heterocycles. The number of carbonyl (C=O) groups is 1. The van der Waals surface area contributed by atoms with Crippen molar-refractivity contribution in [1.29, 1.82) is 0 Å². The normalized spacial score (nSPS) is 14.0. The van der Waals surface area contributed by atoms with Crippen molar-refractivity contribution in [2.45, 2.75) is 32.2 Å². The van der Waals surface area contributed by atoms with Crippen LogP contribution in [0.3, 0.4) is 0 Å². The smallest absolute Gasteiger partial charge is 0.262 e. The minimum atomic E-state index is -3.86. The van der Waals surface area contributed by atoms with E-state index >= 15 is 0 Å². The zero-order valence-electron chi connectivity index (χ0n) is 20.3. The standard InChI is InChI=1S/C26H31N5O3S/c1-18-13-20(3)24(14-19(18)2)35(33,34)30-22-15-23(25(28-17-22)31-11-9-27-10-12-31)26(32)29-16-21-7-5-4-6-8-21/h4-8,13-15,17,27,30H,9-12,16H2,1-3H3,(H,29,32). The molecule has 0 spiro atoms. The number of aryl methyl sites for hydroxylation is 3. The second-order valence-electron chi connectivity index (χ2n) is 8.81. The van der Waals surface area contributed by atoms with E-state index in [1.54, 1.807) is 19.1 Å². The Bertz CT molecular complexity index is 1320. The average Bonchev–Trinajstić information content (AvgIpc) is 2.85. The number of rotatable bonds is 7. The molecular weight excluding hydrogens is 462 g/mol. The molecule has 3 N–H and O–H groups in total. The molecule has 0 bridgehead atoms. The first kappa shape index (κ1) is 24.7. The molecule has 0 radical (unpaired) electrons. The van der Waals surface area contributed by atoms with Gasteiger partial charge in [-0.05, 0) is 55.2 Å². The lowest BCUT2D eigenvalue weighted by Gasteiger charge is -2.30. The van der Waals surface area contributed by atoms with Crippen LogP contribution in [0.1, 0.15) is 32.6 Å². The molecule has 9 heteroatoms. The molecule has 0 atom stereocenters. The van der Waals surface area contributed by atoms with Gasteiger partial charge in [0, 0.05) is 32.7 Å². The van der Waals surface area contributed by atoms with Gasteiger partial charge in [0.2, 0.25) is 0 Å². The van der Waals surface area contributed by atoms with Gasteiger partial charge in [0.25, 0.3) is 15.9 Å². The fraction of sp³-hybridized carbons (Fsp3) is 0.308. The molecule has 0 unspecified atom stereocenters. The van der Waals surface area contributed by atoms with E-state index in [1.807, 2.05) is 55.1 Å². The molecular formula is C26H31N5O3S. The minimum absolute atomic E-state index is 0.210. The maximum absolute atomic E-state index is 13.2. The molecule has 1 fully saturated rings. The summed E-state index contributed by atoms with van der Waals surface area (Å²) < 4.78 is 29.0. The fourth-order valence-electron chi connectivity index (χ4n) is 4.12. The fourth-order valence-corrected chi connectivity index (χ4v) is 5.46. The zero-order chi connectivity index (χ0) is 25.0. The molecule has 3 aromatic rings. The van der Waals surface area contributed by atoms with Gasteiger partial charge in [0.1, 0.15) is 5.82 Å². The van der Waals surface area contributed by atoms with Crippen molar-refractivity contribution >= 4 is 27.4 Å². The van der Waals surface area contributed by atoms with Crippen LogP contribution in [0.15, 0.2) is 59.6 Å². The lowest BCUT2D eigenvalue weighted by molar-refractivity contribution is 0.0951. The van der Waals surface area contributed by atoms with Crippen molar-refractivity contribution in [3.8, 4) is 0 Å².